The first-order chi connectivity index (χ1) is 18.1. The number of carbonyl (C=O) groups excluding carboxylic acids is 2. The van der Waals surface area contributed by atoms with Crippen molar-refractivity contribution < 1.29 is 27.1 Å². The van der Waals surface area contributed by atoms with Gasteiger partial charge in [0.1, 0.15) is 24.2 Å². The van der Waals surface area contributed by atoms with Gasteiger partial charge in [0, 0.05) is 31.1 Å². The average molecular weight is 542 g/mol. The molecule has 1 N–H and O–H groups in total. The van der Waals surface area contributed by atoms with E-state index in [2.05, 4.69) is 5.32 Å². The summed E-state index contributed by atoms with van der Waals surface area (Å²) >= 11 is 0. The lowest BCUT2D eigenvalue weighted by Gasteiger charge is -2.33. The average Bonchev–Trinajstić information content (AvgIpc) is 2.90. The lowest BCUT2D eigenvalue weighted by molar-refractivity contribution is -0.140. The van der Waals surface area contributed by atoms with Crippen molar-refractivity contribution >= 4 is 27.5 Å². The molecule has 3 rings (SSSR count). The number of carbonyl (C=O) groups is 2. The Kier molecular flexibility index (Phi) is 9.84. The van der Waals surface area contributed by atoms with Crippen molar-refractivity contribution in [3.05, 3.63) is 95.8 Å². The van der Waals surface area contributed by atoms with Gasteiger partial charge >= 0.3 is 0 Å². The first-order valence-corrected chi connectivity index (χ1v) is 13.9. The summed E-state index contributed by atoms with van der Waals surface area (Å²) in [5.74, 6) is -1.20. The Morgan fingerprint density at radius 3 is 2.32 bits per heavy atom. The van der Waals surface area contributed by atoms with E-state index in [-0.39, 0.29) is 24.2 Å². The fourth-order valence-corrected chi connectivity index (χ4v) is 4.88. The van der Waals surface area contributed by atoms with Gasteiger partial charge in [-0.3, -0.25) is 13.9 Å². The van der Waals surface area contributed by atoms with Crippen LogP contribution in [-0.2, 0) is 32.6 Å². The van der Waals surface area contributed by atoms with Gasteiger partial charge in [-0.05, 0) is 30.7 Å². The molecule has 0 saturated carbocycles. The summed E-state index contributed by atoms with van der Waals surface area (Å²) in [7, 11) is -2.46. The van der Waals surface area contributed by atoms with Crippen LogP contribution in [0.1, 0.15) is 18.1 Å². The molecule has 0 unspecified atom stereocenters. The predicted octanol–water partition coefficient (Wildman–Crippen LogP) is 3.38. The lowest BCUT2D eigenvalue weighted by atomic mass is 10.0. The van der Waals surface area contributed by atoms with Gasteiger partial charge in [-0.1, -0.05) is 54.6 Å². The Bertz CT molecular complexity index is 1350. The summed E-state index contributed by atoms with van der Waals surface area (Å²) in [6.07, 6.45) is 1.15. The zero-order chi connectivity index (χ0) is 27.7. The van der Waals surface area contributed by atoms with E-state index < -0.39 is 40.2 Å². The van der Waals surface area contributed by atoms with Crippen molar-refractivity contribution in [2.75, 3.05) is 30.8 Å². The minimum atomic E-state index is -3.91. The second kappa shape index (κ2) is 13.0. The molecule has 3 aromatic rings. The molecule has 3 aromatic carbocycles. The van der Waals surface area contributed by atoms with Crippen LogP contribution in [0.2, 0.25) is 0 Å². The van der Waals surface area contributed by atoms with Crippen LogP contribution in [0.25, 0.3) is 0 Å². The van der Waals surface area contributed by atoms with Crippen molar-refractivity contribution in [3.63, 3.8) is 0 Å². The number of amides is 2. The van der Waals surface area contributed by atoms with Crippen LogP contribution in [0.15, 0.2) is 78.9 Å². The highest BCUT2D eigenvalue weighted by molar-refractivity contribution is 7.92. The summed E-state index contributed by atoms with van der Waals surface area (Å²) in [5.41, 5.74) is 1.22. The number of nitrogens with zero attached hydrogens (tertiary/aromatic N) is 2. The van der Waals surface area contributed by atoms with Gasteiger partial charge in [0.25, 0.3) is 0 Å². The maximum absolute atomic E-state index is 14.7. The number of nitrogens with one attached hydrogen (secondary N) is 1. The highest BCUT2D eigenvalue weighted by atomic mass is 32.2. The fourth-order valence-electron chi connectivity index (χ4n) is 4.04. The summed E-state index contributed by atoms with van der Waals surface area (Å²) in [6.45, 7) is 1.26. The SMILES string of the molecule is CCNC(=O)[C@H](Cc1ccccc1)N(Cc1ccccc1F)C(=O)CN(c1cccc(OC)c1)S(C)(=O)=O. The normalized spacial score (nSPS) is 11.9. The second-order valence-corrected chi connectivity index (χ2v) is 10.6. The Morgan fingerprint density at radius 1 is 1.00 bits per heavy atom. The molecule has 2 amide bonds. The number of anilines is 1. The van der Waals surface area contributed by atoms with Crippen LogP contribution in [-0.4, -0.2) is 57.6 Å². The summed E-state index contributed by atoms with van der Waals surface area (Å²) < 4.78 is 46.4. The molecule has 202 valence electrons. The number of halogens is 1. The molecule has 0 aliphatic heterocycles. The van der Waals surface area contributed by atoms with E-state index in [9.17, 15) is 22.4 Å². The van der Waals surface area contributed by atoms with Gasteiger partial charge in [0.2, 0.25) is 21.8 Å². The zero-order valence-corrected chi connectivity index (χ0v) is 22.4. The molecule has 10 heteroatoms. The summed E-state index contributed by atoms with van der Waals surface area (Å²) in [6, 6.07) is 20.4. The molecule has 0 aromatic heterocycles. The lowest BCUT2D eigenvalue weighted by Crippen LogP contribution is -2.53. The number of hydrogen-bond donors (Lipinski definition) is 1. The molecular formula is C28H32FN3O5S. The van der Waals surface area contributed by atoms with Gasteiger partial charge in [0.15, 0.2) is 0 Å². The van der Waals surface area contributed by atoms with E-state index in [4.69, 9.17) is 4.74 Å². The largest absolute Gasteiger partial charge is 0.497 e. The Morgan fingerprint density at radius 2 is 1.68 bits per heavy atom. The van der Waals surface area contributed by atoms with Crippen molar-refractivity contribution in [1.29, 1.82) is 0 Å². The van der Waals surface area contributed by atoms with Crippen molar-refractivity contribution in [2.24, 2.45) is 0 Å². The summed E-state index contributed by atoms with van der Waals surface area (Å²) in [5, 5.41) is 2.76. The molecule has 0 radical (unpaired) electrons. The fraction of sp³-hybridized carbons (Fsp3) is 0.286. The van der Waals surface area contributed by atoms with Crippen molar-refractivity contribution in [3.8, 4) is 5.75 Å². The molecule has 8 nitrogen and oxygen atoms in total. The third-order valence-corrected chi connectivity index (χ3v) is 7.08. The topological polar surface area (TPSA) is 96.0 Å². The Labute approximate surface area is 223 Å². The molecule has 0 fully saturated rings. The molecule has 0 aliphatic carbocycles. The number of methoxy groups -OCH3 is 1. The number of hydrogen-bond acceptors (Lipinski definition) is 5. The third-order valence-electron chi connectivity index (χ3n) is 5.94. The number of rotatable bonds is 12. The number of sulfonamides is 1. The van der Waals surface area contributed by atoms with Crippen LogP contribution >= 0.6 is 0 Å². The van der Waals surface area contributed by atoms with Crippen LogP contribution in [0.3, 0.4) is 0 Å². The molecular weight excluding hydrogens is 509 g/mol. The number of ether oxygens (including phenoxy) is 1. The van der Waals surface area contributed by atoms with Crippen LogP contribution in [0, 0.1) is 5.82 Å². The molecule has 0 saturated heterocycles. The second-order valence-electron chi connectivity index (χ2n) is 8.68. The van der Waals surface area contributed by atoms with Gasteiger partial charge < -0.3 is 15.0 Å². The van der Waals surface area contributed by atoms with Gasteiger partial charge in [-0.15, -0.1) is 0 Å². The molecule has 38 heavy (non-hydrogen) atoms. The third kappa shape index (κ3) is 7.55. The zero-order valence-electron chi connectivity index (χ0n) is 21.6. The minimum absolute atomic E-state index is 0.158. The van der Waals surface area contributed by atoms with Gasteiger partial charge in [0.05, 0.1) is 19.1 Å². The van der Waals surface area contributed by atoms with Crippen molar-refractivity contribution in [2.45, 2.75) is 25.9 Å². The minimum Gasteiger partial charge on any atom is -0.497 e. The molecule has 0 bridgehead atoms. The Hall–Kier alpha value is -3.92. The van der Waals surface area contributed by atoms with Crippen LogP contribution in [0.5, 0.6) is 5.75 Å². The standard InChI is InChI=1S/C28H32FN3O5S/c1-4-30-28(34)26(17-21-11-6-5-7-12-21)31(19-22-13-8-9-16-25(22)29)27(33)20-32(38(3,35)36)23-14-10-15-24(18-23)37-2/h5-16,18,26H,4,17,19-20H2,1-3H3,(H,30,34)/t26-/m0/s1. The molecule has 1 atom stereocenters. The molecule has 0 aliphatic rings. The summed E-state index contributed by atoms with van der Waals surface area (Å²) in [4.78, 5) is 28.4. The molecule has 0 heterocycles. The first kappa shape index (κ1) is 28.6. The van der Waals surface area contributed by atoms with Crippen LogP contribution in [0.4, 0.5) is 10.1 Å². The van der Waals surface area contributed by atoms with E-state index in [1.54, 1.807) is 31.2 Å². The van der Waals surface area contributed by atoms with Crippen molar-refractivity contribution in [1.82, 2.24) is 10.2 Å². The highest BCUT2D eigenvalue weighted by Crippen LogP contribution is 2.24. The maximum atomic E-state index is 14.7. The smallest absolute Gasteiger partial charge is 0.244 e. The van der Waals surface area contributed by atoms with E-state index in [1.807, 2.05) is 30.3 Å². The first-order valence-electron chi connectivity index (χ1n) is 12.1. The maximum Gasteiger partial charge on any atom is 0.244 e. The van der Waals surface area contributed by atoms with E-state index >= 15 is 0 Å². The number of likely N-dealkylation sites (N-methyl/N-ethyl adjacent to an activating group) is 1. The Balaban J connectivity index is 2.05. The predicted molar refractivity (Wildman–Crippen MR) is 145 cm³/mol. The number of benzene rings is 3. The molecule has 0 spiro atoms. The van der Waals surface area contributed by atoms with Crippen LogP contribution < -0.4 is 14.4 Å². The van der Waals surface area contributed by atoms with E-state index in [1.165, 1.54) is 36.3 Å². The van der Waals surface area contributed by atoms with Gasteiger partial charge in [-0.25, -0.2) is 12.8 Å². The van der Waals surface area contributed by atoms with E-state index in [0.29, 0.717) is 12.3 Å². The monoisotopic (exact) mass is 541 g/mol. The highest BCUT2D eigenvalue weighted by Gasteiger charge is 2.33. The van der Waals surface area contributed by atoms with Gasteiger partial charge in [-0.2, -0.15) is 0 Å². The van der Waals surface area contributed by atoms with E-state index in [0.717, 1.165) is 16.1 Å². The quantitative estimate of drug-likeness (QED) is 0.379.